The Kier molecular flexibility index (Phi) is 6.71. The molecule has 0 aliphatic carbocycles. The highest BCUT2D eigenvalue weighted by atomic mass is 16.5. The lowest BCUT2D eigenvalue weighted by Crippen LogP contribution is -2.45. The summed E-state index contributed by atoms with van der Waals surface area (Å²) in [4.78, 5) is 18.3. The molecule has 2 aromatic carbocycles. The number of fused-ring (bicyclic) bond motifs is 1. The molecule has 1 aliphatic heterocycles. The van der Waals surface area contributed by atoms with Crippen LogP contribution in [0.5, 0.6) is 5.75 Å². The van der Waals surface area contributed by atoms with Gasteiger partial charge in [0.1, 0.15) is 17.6 Å². The van der Waals surface area contributed by atoms with Gasteiger partial charge in [0.25, 0.3) is 0 Å². The van der Waals surface area contributed by atoms with E-state index in [-0.39, 0.29) is 0 Å². The zero-order valence-electron chi connectivity index (χ0n) is 18.5. The molecule has 6 heteroatoms. The minimum Gasteiger partial charge on any atom is -0.493 e. The highest BCUT2D eigenvalue weighted by molar-refractivity contribution is 5.74. The number of hydrogen-bond donors (Lipinski definition) is 1. The van der Waals surface area contributed by atoms with Gasteiger partial charge >= 0.3 is 5.97 Å². The second kappa shape index (κ2) is 9.83. The van der Waals surface area contributed by atoms with Gasteiger partial charge in [0, 0.05) is 25.1 Å². The first-order valence-electron chi connectivity index (χ1n) is 10.9. The van der Waals surface area contributed by atoms with E-state index in [4.69, 9.17) is 9.15 Å². The number of benzene rings is 2. The lowest BCUT2D eigenvalue weighted by molar-refractivity contribution is -0.143. The van der Waals surface area contributed by atoms with Gasteiger partial charge in [-0.2, -0.15) is 0 Å². The van der Waals surface area contributed by atoms with Crippen molar-refractivity contribution in [3.05, 3.63) is 83.3 Å². The number of rotatable bonds is 8. The zero-order chi connectivity index (χ0) is 22.5. The molecule has 6 nitrogen and oxygen atoms in total. The van der Waals surface area contributed by atoms with Crippen LogP contribution in [0.15, 0.2) is 65.1 Å². The van der Waals surface area contributed by atoms with E-state index >= 15 is 0 Å². The van der Waals surface area contributed by atoms with E-state index in [2.05, 4.69) is 4.98 Å². The SMILES string of the molecule is C/C=C/CN1Cc2cc(OCCc3nc(-c4ccccc4)oc3C)ccc2C[C@H]1C(=O)O. The summed E-state index contributed by atoms with van der Waals surface area (Å²) in [5.74, 6) is 1.43. The molecule has 0 saturated heterocycles. The minimum absolute atomic E-state index is 0.487. The van der Waals surface area contributed by atoms with E-state index < -0.39 is 12.0 Å². The molecule has 0 amide bonds. The summed E-state index contributed by atoms with van der Waals surface area (Å²) >= 11 is 0. The summed E-state index contributed by atoms with van der Waals surface area (Å²) in [5.41, 5.74) is 4.04. The molecule has 2 heterocycles. The van der Waals surface area contributed by atoms with E-state index in [1.165, 1.54) is 0 Å². The molecule has 1 aromatic heterocycles. The van der Waals surface area contributed by atoms with Gasteiger partial charge in [-0.25, -0.2) is 4.98 Å². The van der Waals surface area contributed by atoms with Crippen molar-refractivity contribution in [2.24, 2.45) is 0 Å². The number of aromatic nitrogens is 1. The minimum atomic E-state index is -0.779. The fourth-order valence-electron chi connectivity index (χ4n) is 4.01. The average Bonchev–Trinajstić information content (AvgIpc) is 3.18. The van der Waals surface area contributed by atoms with Crippen LogP contribution in [0.4, 0.5) is 0 Å². The first kappa shape index (κ1) is 21.8. The number of oxazole rings is 1. The molecule has 0 unspecified atom stereocenters. The monoisotopic (exact) mass is 432 g/mol. The van der Waals surface area contributed by atoms with Crippen LogP contribution < -0.4 is 4.74 Å². The number of aryl methyl sites for hydroxylation is 1. The van der Waals surface area contributed by atoms with Crippen molar-refractivity contribution in [2.45, 2.75) is 39.3 Å². The van der Waals surface area contributed by atoms with Gasteiger partial charge in [-0.3, -0.25) is 9.69 Å². The van der Waals surface area contributed by atoms with Crippen LogP contribution in [-0.4, -0.2) is 40.2 Å². The fourth-order valence-corrected chi connectivity index (χ4v) is 4.01. The zero-order valence-corrected chi connectivity index (χ0v) is 18.5. The summed E-state index contributed by atoms with van der Waals surface area (Å²) in [6, 6.07) is 15.3. The van der Waals surface area contributed by atoms with Crippen molar-refractivity contribution in [3.63, 3.8) is 0 Å². The molecule has 1 aliphatic rings. The van der Waals surface area contributed by atoms with E-state index in [0.717, 1.165) is 33.9 Å². The summed E-state index contributed by atoms with van der Waals surface area (Å²) in [6.45, 7) is 5.56. The largest absolute Gasteiger partial charge is 0.493 e. The third-order valence-electron chi connectivity index (χ3n) is 5.79. The Morgan fingerprint density at radius 3 is 2.81 bits per heavy atom. The number of allylic oxidation sites excluding steroid dienone is 1. The topological polar surface area (TPSA) is 75.8 Å². The quantitative estimate of drug-likeness (QED) is 0.522. The normalized spacial score (nSPS) is 16.2. The molecule has 166 valence electrons. The van der Waals surface area contributed by atoms with Crippen molar-refractivity contribution < 1.29 is 19.1 Å². The van der Waals surface area contributed by atoms with Crippen molar-refractivity contribution >= 4 is 5.97 Å². The summed E-state index contributed by atoms with van der Waals surface area (Å²) in [7, 11) is 0. The molecule has 0 bridgehead atoms. The van der Waals surface area contributed by atoms with Gasteiger partial charge in [0.15, 0.2) is 0 Å². The molecule has 0 radical (unpaired) electrons. The predicted octanol–water partition coefficient (Wildman–Crippen LogP) is 4.66. The molecule has 1 N–H and O–H groups in total. The summed E-state index contributed by atoms with van der Waals surface area (Å²) < 4.78 is 11.8. The average molecular weight is 433 g/mol. The number of carbonyl (C=O) groups is 1. The Morgan fingerprint density at radius 1 is 1.25 bits per heavy atom. The van der Waals surface area contributed by atoms with Crippen LogP contribution in [0.25, 0.3) is 11.5 Å². The number of ether oxygens (including phenoxy) is 1. The second-order valence-electron chi connectivity index (χ2n) is 7.97. The molecule has 0 spiro atoms. The van der Waals surface area contributed by atoms with Crippen molar-refractivity contribution in [2.75, 3.05) is 13.2 Å². The fraction of sp³-hybridized carbons (Fsp3) is 0.308. The van der Waals surface area contributed by atoms with Crippen molar-refractivity contribution in [3.8, 4) is 17.2 Å². The van der Waals surface area contributed by atoms with E-state index in [1.54, 1.807) is 0 Å². The standard InChI is InChI=1S/C26H28N2O4/c1-3-4-13-28-17-21-15-22(11-10-20(21)16-24(28)26(29)30)31-14-12-23-18(2)32-25(27-23)19-8-6-5-7-9-19/h3-11,15,24H,12-14,16-17H2,1-2H3,(H,29,30)/b4-3+/t24-/m0/s1. The predicted molar refractivity (Wildman–Crippen MR) is 123 cm³/mol. The number of nitrogens with zero attached hydrogens (tertiary/aromatic N) is 2. The first-order valence-corrected chi connectivity index (χ1v) is 10.9. The van der Waals surface area contributed by atoms with Crippen LogP contribution in [-0.2, 0) is 24.2 Å². The molecular formula is C26H28N2O4. The molecule has 0 saturated carbocycles. The van der Waals surface area contributed by atoms with Gasteiger partial charge in [-0.15, -0.1) is 0 Å². The van der Waals surface area contributed by atoms with Gasteiger partial charge in [0.2, 0.25) is 5.89 Å². The molecule has 0 fully saturated rings. The lowest BCUT2D eigenvalue weighted by atomic mass is 9.93. The Bertz CT molecular complexity index is 1100. The number of carboxylic acids is 1. The summed E-state index contributed by atoms with van der Waals surface area (Å²) in [6.07, 6.45) is 5.09. The highest BCUT2D eigenvalue weighted by Crippen LogP contribution is 2.28. The van der Waals surface area contributed by atoms with Crippen LogP contribution in [0, 0.1) is 6.92 Å². The highest BCUT2D eigenvalue weighted by Gasteiger charge is 2.30. The summed E-state index contributed by atoms with van der Waals surface area (Å²) in [5, 5.41) is 9.61. The first-order chi connectivity index (χ1) is 15.5. The maximum Gasteiger partial charge on any atom is 0.321 e. The van der Waals surface area contributed by atoms with Gasteiger partial charge in [-0.05, 0) is 55.7 Å². The van der Waals surface area contributed by atoms with Crippen molar-refractivity contribution in [1.29, 1.82) is 0 Å². The van der Waals surface area contributed by atoms with E-state index in [9.17, 15) is 9.90 Å². The Labute approximate surface area is 188 Å². The molecular weight excluding hydrogens is 404 g/mol. The molecule has 32 heavy (non-hydrogen) atoms. The number of aliphatic carboxylic acids is 1. The third kappa shape index (κ3) is 4.92. The Balaban J connectivity index is 1.40. The third-order valence-corrected chi connectivity index (χ3v) is 5.79. The molecule has 4 rings (SSSR count). The van der Waals surface area contributed by atoms with E-state index in [0.29, 0.717) is 38.4 Å². The van der Waals surface area contributed by atoms with Crippen LogP contribution in [0.2, 0.25) is 0 Å². The Hall–Kier alpha value is -3.38. The number of hydrogen-bond acceptors (Lipinski definition) is 5. The van der Waals surface area contributed by atoms with Gasteiger partial charge in [0.05, 0.1) is 12.3 Å². The molecule has 1 atom stereocenters. The number of carboxylic acid groups (broad SMARTS) is 1. The van der Waals surface area contributed by atoms with Crippen LogP contribution in [0.1, 0.15) is 29.5 Å². The maximum atomic E-state index is 11.7. The van der Waals surface area contributed by atoms with Crippen molar-refractivity contribution in [1.82, 2.24) is 9.88 Å². The van der Waals surface area contributed by atoms with Gasteiger partial charge in [-0.1, -0.05) is 36.4 Å². The van der Waals surface area contributed by atoms with Crippen LogP contribution in [0.3, 0.4) is 0 Å². The van der Waals surface area contributed by atoms with Gasteiger partial charge < -0.3 is 14.3 Å². The van der Waals surface area contributed by atoms with Crippen LogP contribution >= 0.6 is 0 Å². The van der Waals surface area contributed by atoms with E-state index in [1.807, 2.05) is 79.4 Å². The second-order valence-corrected chi connectivity index (χ2v) is 7.97. The molecule has 3 aromatic rings. The lowest BCUT2D eigenvalue weighted by Gasteiger charge is -2.33. The maximum absolute atomic E-state index is 11.7. The smallest absolute Gasteiger partial charge is 0.321 e. The Morgan fingerprint density at radius 2 is 2.06 bits per heavy atom.